The van der Waals surface area contributed by atoms with Gasteiger partial charge in [0.15, 0.2) is 6.61 Å². The normalized spacial score (nSPS) is 11.9. The molecule has 0 fully saturated rings. The Hall–Kier alpha value is -1.31. The van der Waals surface area contributed by atoms with Gasteiger partial charge in [0.1, 0.15) is 5.02 Å². The van der Waals surface area contributed by atoms with E-state index in [0.717, 1.165) is 6.20 Å². The van der Waals surface area contributed by atoms with E-state index >= 15 is 0 Å². The van der Waals surface area contributed by atoms with Crippen molar-refractivity contribution in [1.29, 1.82) is 0 Å². The number of hydrogen-bond donors (Lipinski definition) is 1. The maximum Gasteiger partial charge on any atom is 0.340 e. The first kappa shape index (κ1) is 12.8. The summed E-state index contributed by atoms with van der Waals surface area (Å²) >= 11 is 5.47. The van der Waals surface area contributed by atoms with E-state index in [1.54, 1.807) is 0 Å². The van der Waals surface area contributed by atoms with Crippen LogP contribution in [0.4, 0.5) is 23.5 Å². The lowest BCUT2D eigenvalue weighted by molar-refractivity contribution is -0.148. The molecule has 4 nitrogen and oxygen atoms in total. The number of rotatable bonds is 4. The number of aromatic nitrogens is 2. The summed E-state index contributed by atoms with van der Waals surface area (Å²) in [6, 6.07) is 0. The van der Waals surface area contributed by atoms with Gasteiger partial charge in [0.2, 0.25) is 11.8 Å². The fraction of sp³-hybridized carbons (Fsp3) is 0.429. The van der Waals surface area contributed by atoms with Gasteiger partial charge in [-0.3, -0.25) is 0 Å². The molecule has 1 rings (SSSR count). The van der Waals surface area contributed by atoms with E-state index in [4.69, 9.17) is 17.3 Å². The maximum atomic E-state index is 12.5. The Balaban J connectivity index is 2.71. The van der Waals surface area contributed by atoms with Gasteiger partial charge < -0.3 is 10.5 Å². The van der Waals surface area contributed by atoms with Crippen LogP contribution < -0.4 is 10.5 Å². The largest absolute Gasteiger partial charge is 0.470 e. The highest BCUT2D eigenvalue weighted by molar-refractivity contribution is 6.31. The fourth-order valence-electron chi connectivity index (χ4n) is 0.693. The van der Waals surface area contributed by atoms with Crippen molar-refractivity contribution >= 4 is 17.5 Å². The predicted molar refractivity (Wildman–Crippen MR) is 47.9 cm³/mol. The number of alkyl halides is 4. The van der Waals surface area contributed by atoms with Crippen LogP contribution in [0.5, 0.6) is 5.88 Å². The lowest BCUT2D eigenvalue weighted by atomic mass is 10.4. The molecule has 1 aromatic heterocycles. The highest BCUT2D eigenvalue weighted by Crippen LogP contribution is 2.26. The summed E-state index contributed by atoms with van der Waals surface area (Å²) in [6.45, 7) is -1.54. The molecule has 0 unspecified atom stereocenters. The molecule has 0 aliphatic heterocycles. The standard InChI is InChI=1S/C7H6ClF4N3O/c8-3-1-14-6(13)15-4(3)16-2-7(11,12)5(9)10/h1,5H,2H2,(H2,13,14,15). The maximum absolute atomic E-state index is 12.5. The minimum atomic E-state index is -4.27. The van der Waals surface area contributed by atoms with Crippen molar-refractivity contribution in [2.24, 2.45) is 0 Å². The molecule has 9 heteroatoms. The molecule has 90 valence electrons. The number of ether oxygens (including phenoxy) is 1. The first-order valence-electron chi connectivity index (χ1n) is 3.89. The van der Waals surface area contributed by atoms with Gasteiger partial charge in [-0.15, -0.1) is 0 Å². The van der Waals surface area contributed by atoms with E-state index in [-0.39, 0.29) is 11.0 Å². The third kappa shape index (κ3) is 3.09. The smallest absolute Gasteiger partial charge is 0.340 e. The molecule has 0 aliphatic rings. The zero-order valence-electron chi connectivity index (χ0n) is 7.63. The first-order valence-corrected chi connectivity index (χ1v) is 4.27. The van der Waals surface area contributed by atoms with Crippen LogP contribution >= 0.6 is 11.6 Å². The molecule has 0 saturated carbocycles. The second-order valence-electron chi connectivity index (χ2n) is 2.73. The second-order valence-corrected chi connectivity index (χ2v) is 3.14. The summed E-state index contributed by atoms with van der Waals surface area (Å²) in [6.07, 6.45) is -2.81. The van der Waals surface area contributed by atoms with Gasteiger partial charge in [0, 0.05) is 0 Å². The summed E-state index contributed by atoms with van der Waals surface area (Å²) in [5, 5.41) is -0.195. The summed E-state index contributed by atoms with van der Waals surface area (Å²) in [7, 11) is 0. The molecule has 1 heterocycles. The number of anilines is 1. The summed E-state index contributed by atoms with van der Waals surface area (Å²) in [5.41, 5.74) is 5.13. The van der Waals surface area contributed by atoms with Crippen LogP contribution in [-0.2, 0) is 0 Å². The number of hydrogen-bond acceptors (Lipinski definition) is 4. The topological polar surface area (TPSA) is 61.0 Å². The van der Waals surface area contributed by atoms with Gasteiger partial charge in [0.05, 0.1) is 6.20 Å². The molecule has 0 radical (unpaired) electrons. The Morgan fingerprint density at radius 2 is 2.12 bits per heavy atom. The first-order chi connectivity index (χ1) is 7.33. The Bertz CT molecular complexity index is 377. The van der Waals surface area contributed by atoms with Gasteiger partial charge in [-0.2, -0.15) is 13.8 Å². The van der Waals surface area contributed by atoms with Crippen molar-refractivity contribution in [2.75, 3.05) is 12.3 Å². The highest BCUT2D eigenvalue weighted by atomic mass is 35.5. The van der Waals surface area contributed by atoms with E-state index in [0.29, 0.717) is 0 Å². The van der Waals surface area contributed by atoms with Crippen LogP contribution in [0.25, 0.3) is 0 Å². The van der Waals surface area contributed by atoms with Gasteiger partial charge in [-0.25, -0.2) is 13.8 Å². The van der Waals surface area contributed by atoms with Crippen LogP contribution in [0.15, 0.2) is 6.20 Å². The van der Waals surface area contributed by atoms with E-state index in [9.17, 15) is 17.6 Å². The Kier molecular flexibility index (Phi) is 3.74. The Labute approximate surface area is 92.4 Å². The lowest BCUT2D eigenvalue weighted by Gasteiger charge is -2.15. The molecule has 16 heavy (non-hydrogen) atoms. The number of nitrogens with two attached hydrogens (primary N) is 1. The van der Waals surface area contributed by atoms with Crippen molar-refractivity contribution in [1.82, 2.24) is 9.97 Å². The molecule has 0 bridgehead atoms. The average molecular weight is 260 g/mol. The average Bonchev–Trinajstić information content (AvgIpc) is 2.19. The zero-order chi connectivity index (χ0) is 12.3. The van der Waals surface area contributed by atoms with Crippen LogP contribution in [0, 0.1) is 0 Å². The van der Waals surface area contributed by atoms with E-state index in [1.807, 2.05) is 0 Å². The number of nitrogens with zero attached hydrogens (tertiary/aromatic N) is 2. The number of halogens is 5. The van der Waals surface area contributed by atoms with Crippen LogP contribution in [0.1, 0.15) is 0 Å². The minimum Gasteiger partial charge on any atom is -0.470 e. The van der Waals surface area contributed by atoms with Crippen molar-refractivity contribution in [2.45, 2.75) is 12.3 Å². The molecule has 1 aromatic rings. The van der Waals surface area contributed by atoms with Crippen molar-refractivity contribution in [3.05, 3.63) is 11.2 Å². The molecule has 0 aromatic carbocycles. The molecule has 0 atom stereocenters. The van der Waals surface area contributed by atoms with Gasteiger partial charge in [-0.05, 0) is 0 Å². The zero-order valence-corrected chi connectivity index (χ0v) is 8.39. The van der Waals surface area contributed by atoms with Crippen LogP contribution in [-0.4, -0.2) is 28.9 Å². The molecule has 2 N–H and O–H groups in total. The molecule has 0 amide bonds. The second kappa shape index (κ2) is 4.69. The Morgan fingerprint density at radius 3 is 2.69 bits per heavy atom. The van der Waals surface area contributed by atoms with E-state index < -0.39 is 24.8 Å². The van der Waals surface area contributed by atoms with Crippen LogP contribution in [0.2, 0.25) is 5.02 Å². The molecule has 0 saturated heterocycles. The minimum absolute atomic E-state index is 0.195. The van der Waals surface area contributed by atoms with Gasteiger partial charge in [-0.1, -0.05) is 11.6 Å². The molecular formula is C7H6ClF4N3O. The monoisotopic (exact) mass is 259 g/mol. The van der Waals surface area contributed by atoms with E-state index in [2.05, 4.69) is 14.7 Å². The highest BCUT2D eigenvalue weighted by Gasteiger charge is 2.42. The Morgan fingerprint density at radius 1 is 1.50 bits per heavy atom. The SMILES string of the molecule is Nc1ncc(Cl)c(OCC(F)(F)C(F)F)n1. The quantitative estimate of drug-likeness (QED) is 0.840. The lowest BCUT2D eigenvalue weighted by Crippen LogP contribution is -2.34. The van der Waals surface area contributed by atoms with Gasteiger partial charge in [0.25, 0.3) is 0 Å². The van der Waals surface area contributed by atoms with E-state index in [1.165, 1.54) is 0 Å². The van der Waals surface area contributed by atoms with Crippen molar-refractivity contribution in [3.63, 3.8) is 0 Å². The summed E-state index contributed by atoms with van der Waals surface area (Å²) in [4.78, 5) is 6.81. The number of nitrogen functional groups attached to an aromatic ring is 1. The van der Waals surface area contributed by atoms with Crippen molar-refractivity contribution < 1.29 is 22.3 Å². The molecule has 0 spiro atoms. The third-order valence-electron chi connectivity index (χ3n) is 1.45. The van der Waals surface area contributed by atoms with Gasteiger partial charge >= 0.3 is 12.3 Å². The summed E-state index contributed by atoms with van der Waals surface area (Å²) < 4.78 is 52.8. The fourth-order valence-corrected chi connectivity index (χ4v) is 0.839. The predicted octanol–water partition coefficient (Wildman–Crippen LogP) is 1.99. The molecule has 0 aliphatic carbocycles. The van der Waals surface area contributed by atoms with Crippen LogP contribution in [0.3, 0.4) is 0 Å². The third-order valence-corrected chi connectivity index (χ3v) is 1.71. The molecular weight excluding hydrogens is 254 g/mol. The van der Waals surface area contributed by atoms with Crippen molar-refractivity contribution in [3.8, 4) is 5.88 Å². The summed E-state index contributed by atoms with van der Waals surface area (Å²) in [5.74, 6) is -5.00.